The summed E-state index contributed by atoms with van der Waals surface area (Å²) < 4.78 is 36.5. The SMILES string of the molecule is CC=CCc1ccc(C(F)(F)F)cc1. The van der Waals surface area contributed by atoms with Crippen molar-refractivity contribution in [3.8, 4) is 0 Å². The van der Waals surface area contributed by atoms with Crippen molar-refractivity contribution in [1.29, 1.82) is 0 Å². The monoisotopic (exact) mass is 200 g/mol. The lowest BCUT2D eigenvalue weighted by Crippen LogP contribution is -2.04. The molecule has 14 heavy (non-hydrogen) atoms. The van der Waals surface area contributed by atoms with E-state index < -0.39 is 11.7 Å². The molecule has 1 aromatic carbocycles. The van der Waals surface area contributed by atoms with E-state index >= 15 is 0 Å². The fourth-order valence-electron chi connectivity index (χ4n) is 1.08. The molecule has 1 aromatic rings. The van der Waals surface area contributed by atoms with Crippen LogP contribution in [0.15, 0.2) is 36.4 Å². The fourth-order valence-corrected chi connectivity index (χ4v) is 1.08. The van der Waals surface area contributed by atoms with Crippen molar-refractivity contribution < 1.29 is 13.2 Å². The van der Waals surface area contributed by atoms with Gasteiger partial charge in [0.15, 0.2) is 0 Å². The first-order valence-corrected chi connectivity index (χ1v) is 4.31. The van der Waals surface area contributed by atoms with Crippen LogP contribution < -0.4 is 0 Å². The number of alkyl halides is 3. The van der Waals surface area contributed by atoms with Crippen molar-refractivity contribution in [2.75, 3.05) is 0 Å². The van der Waals surface area contributed by atoms with Crippen LogP contribution in [0.1, 0.15) is 18.1 Å². The second-order valence-corrected chi connectivity index (χ2v) is 2.97. The smallest absolute Gasteiger partial charge is 0.166 e. The minimum absolute atomic E-state index is 0.596. The molecule has 0 radical (unpaired) electrons. The van der Waals surface area contributed by atoms with Crippen LogP contribution in [0.3, 0.4) is 0 Å². The summed E-state index contributed by atoms with van der Waals surface area (Å²) >= 11 is 0. The number of allylic oxidation sites excluding steroid dienone is 2. The van der Waals surface area contributed by atoms with E-state index in [4.69, 9.17) is 0 Å². The maximum atomic E-state index is 12.2. The van der Waals surface area contributed by atoms with Crippen molar-refractivity contribution >= 4 is 0 Å². The van der Waals surface area contributed by atoms with Crippen LogP contribution >= 0.6 is 0 Å². The summed E-state index contributed by atoms with van der Waals surface area (Å²) in [5.41, 5.74) is 0.290. The predicted octanol–water partition coefficient (Wildman–Crippen LogP) is 3.82. The standard InChI is InChI=1S/C11H11F3/c1-2-3-4-9-5-7-10(8-6-9)11(12,13)14/h2-3,5-8H,4H2,1H3. The first kappa shape index (κ1) is 10.8. The Morgan fingerprint density at radius 3 is 2.14 bits per heavy atom. The van der Waals surface area contributed by atoms with E-state index in [0.717, 1.165) is 17.7 Å². The third kappa shape index (κ3) is 2.91. The summed E-state index contributed by atoms with van der Waals surface area (Å²) in [6, 6.07) is 5.23. The molecule has 0 atom stereocenters. The Morgan fingerprint density at radius 2 is 1.71 bits per heavy atom. The van der Waals surface area contributed by atoms with E-state index in [1.807, 2.05) is 19.1 Å². The number of rotatable bonds is 2. The van der Waals surface area contributed by atoms with Gasteiger partial charge in [-0.1, -0.05) is 24.3 Å². The van der Waals surface area contributed by atoms with Gasteiger partial charge in [-0.3, -0.25) is 0 Å². The normalized spacial score (nSPS) is 12.3. The highest BCUT2D eigenvalue weighted by molar-refractivity contribution is 5.25. The lowest BCUT2D eigenvalue weighted by atomic mass is 10.1. The molecule has 0 spiro atoms. The maximum absolute atomic E-state index is 12.2. The van der Waals surface area contributed by atoms with Gasteiger partial charge in [0.05, 0.1) is 5.56 Å². The Bertz CT molecular complexity index is 306. The third-order valence-corrected chi connectivity index (χ3v) is 1.87. The highest BCUT2D eigenvalue weighted by Gasteiger charge is 2.29. The third-order valence-electron chi connectivity index (χ3n) is 1.87. The Labute approximate surface area is 81.1 Å². The zero-order valence-corrected chi connectivity index (χ0v) is 7.81. The van der Waals surface area contributed by atoms with Gasteiger partial charge in [0, 0.05) is 0 Å². The molecular formula is C11H11F3. The van der Waals surface area contributed by atoms with Crippen molar-refractivity contribution in [2.24, 2.45) is 0 Å². The number of hydrogen-bond acceptors (Lipinski definition) is 0. The molecule has 0 amide bonds. The fraction of sp³-hybridized carbons (Fsp3) is 0.273. The minimum atomic E-state index is -4.24. The van der Waals surface area contributed by atoms with Gasteiger partial charge in [0.1, 0.15) is 0 Å². The molecule has 0 aromatic heterocycles. The number of benzene rings is 1. The zero-order valence-electron chi connectivity index (χ0n) is 7.81. The Balaban J connectivity index is 2.79. The molecule has 0 heterocycles. The first-order valence-electron chi connectivity index (χ1n) is 4.31. The van der Waals surface area contributed by atoms with Crippen LogP contribution in [-0.4, -0.2) is 0 Å². The van der Waals surface area contributed by atoms with Gasteiger partial charge in [-0.2, -0.15) is 13.2 Å². The summed E-state index contributed by atoms with van der Waals surface area (Å²) in [6.45, 7) is 1.88. The Morgan fingerprint density at radius 1 is 1.14 bits per heavy atom. The highest BCUT2D eigenvalue weighted by atomic mass is 19.4. The van der Waals surface area contributed by atoms with Crippen molar-refractivity contribution in [3.05, 3.63) is 47.5 Å². The molecule has 0 N–H and O–H groups in total. The Kier molecular flexibility index (Phi) is 3.33. The largest absolute Gasteiger partial charge is 0.416 e. The second-order valence-electron chi connectivity index (χ2n) is 2.97. The lowest BCUT2D eigenvalue weighted by Gasteiger charge is -2.06. The number of halogens is 3. The van der Waals surface area contributed by atoms with Gasteiger partial charge in [-0.05, 0) is 31.0 Å². The van der Waals surface area contributed by atoms with E-state index in [1.54, 1.807) is 0 Å². The van der Waals surface area contributed by atoms with Crippen LogP contribution in [0.4, 0.5) is 13.2 Å². The van der Waals surface area contributed by atoms with Crippen LogP contribution in [-0.2, 0) is 12.6 Å². The van der Waals surface area contributed by atoms with Crippen LogP contribution in [0.25, 0.3) is 0 Å². The molecule has 1 rings (SSSR count). The molecule has 76 valence electrons. The van der Waals surface area contributed by atoms with E-state index in [2.05, 4.69) is 0 Å². The van der Waals surface area contributed by atoms with Gasteiger partial charge in [0.2, 0.25) is 0 Å². The summed E-state index contributed by atoms with van der Waals surface area (Å²) in [7, 11) is 0. The van der Waals surface area contributed by atoms with Gasteiger partial charge in [0.25, 0.3) is 0 Å². The average Bonchev–Trinajstić information content (AvgIpc) is 2.14. The van der Waals surface area contributed by atoms with Gasteiger partial charge >= 0.3 is 6.18 Å². The quantitative estimate of drug-likeness (QED) is 0.636. The predicted molar refractivity (Wildman–Crippen MR) is 50.0 cm³/mol. The zero-order chi connectivity index (χ0) is 10.6. The molecule has 0 unspecified atom stereocenters. The molecule has 0 saturated carbocycles. The molecule has 0 fully saturated rings. The molecule has 0 aliphatic heterocycles. The topological polar surface area (TPSA) is 0 Å². The molecule has 3 heteroatoms. The molecule has 0 nitrogen and oxygen atoms in total. The first-order chi connectivity index (χ1) is 6.54. The Hall–Kier alpha value is -1.25. The second kappa shape index (κ2) is 4.31. The number of hydrogen-bond donors (Lipinski definition) is 0. The van der Waals surface area contributed by atoms with E-state index in [1.165, 1.54) is 12.1 Å². The highest BCUT2D eigenvalue weighted by Crippen LogP contribution is 2.29. The molecule has 0 saturated heterocycles. The van der Waals surface area contributed by atoms with Crippen LogP contribution in [0.5, 0.6) is 0 Å². The van der Waals surface area contributed by atoms with Crippen molar-refractivity contribution in [3.63, 3.8) is 0 Å². The van der Waals surface area contributed by atoms with E-state index in [9.17, 15) is 13.2 Å². The minimum Gasteiger partial charge on any atom is -0.166 e. The average molecular weight is 200 g/mol. The van der Waals surface area contributed by atoms with E-state index in [-0.39, 0.29) is 0 Å². The maximum Gasteiger partial charge on any atom is 0.416 e. The van der Waals surface area contributed by atoms with Crippen molar-refractivity contribution in [2.45, 2.75) is 19.5 Å². The summed E-state index contributed by atoms with van der Waals surface area (Å²) in [5.74, 6) is 0. The van der Waals surface area contributed by atoms with Crippen molar-refractivity contribution in [1.82, 2.24) is 0 Å². The molecular weight excluding hydrogens is 189 g/mol. The summed E-state index contributed by atoms with van der Waals surface area (Å²) in [4.78, 5) is 0. The van der Waals surface area contributed by atoms with Crippen LogP contribution in [0.2, 0.25) is 0 Å². The summed E-state index contributed by atoms with van der Waals surface area (Å²) in [5, 5.41) is 0. The van der Waals surface area contributed by atoms with Gasteiger partial charge in [-0.15, -0.1) is 0 Å². The van der Waals surface area contributed by atoms with Gasteiger partial charge in [-0.25, -0.2) is 0 Å². The van der Waals surface area contributed by atoms with E-state index in [0.29, 0.717) is 6.42 Å². The lowest BCUT2D eigenvalue weighted by molar-refractivity contribution is -0.137. The summed E-state index contributed by atoms with van der Waals surface area (Å²) in [6.07, 6.45) is 0.216. The molecule has 0 aliphatic carbocycles. The van der Waals surface area contributed by atoms with Crippen LogP contribution in [0, 0.1) is 0 Å². The molecule has 0 aliphatic rings. The van der Waals surface area contributed by atoms with Gasteiger partial charge < -0.3 is 0 Å². The molecule has 0 bridgehead atoms.